The van der Waals surface area contributed by atoms with Gasteiger partial charge in [0.25, 0.3) is 0 Å². The summed E-state index contributed by atoms with van der Waals surface area (Å²) in [7, 11) is 4.94. The standard InChI is InChI=1S/C22H20N2O3/c1-25-18-8-4-15(5-9-18)19-14-24-13-17(7-11-22(24)23-19)16-6-10-20(26-2)21(12-16)27-3/h4-14H,1-3H3. The maximum Gasteiger partial charge on any atom is 0.161 e. The van der Waals surface area contributed by atoms with Gasteiger partial charge >= 0.3 is 0 Å². The molecule has 4 aromatic rings. The van der Waals surface area contributed by atoms with E-state index in [0.717, 1.165) is 33.8 Å². The van der Waals surface area contributed by atoms with Crippen molar-refractivity contribution in [2.24, 2.45) is 0 Å². The number of methoxy groups -OCH3 is 3. The van der Waals surface area contributed by atoms with E-state index in [0.29, 0.717) is 11.5 Å². The van der Waals surface area contributed by atoms with Gasteiger partial charge in [-0.15, -0.1) is 0 Å². The van der Waals surface area contributed by atoms with E-state index in [2.05, 4.69) is 12.3 Å². The molecule has 0 N–H and O–H groups in total. The number of imidazole rings is 1. The lowest BCUT2D eigenvalue weighted by Crippen LogP contribution is -1.91. The maximum absolute atomic E-state index is 5.41. The monoisotopic (exact) mass is 360 g/mol. The predicted octanol–water partition coefficient (Wildman–Crippen LogP) is 4.69. The molecule has 0 atom stereocenters. The van der Waals surface area contributed by atoms with Crippen LogP contribution in [0, 0.1) is 0 Å². The van der Waals surface area contributed by atoms with Crippen molar-refractivity contribution in [1.29, 1.82) is 0 Å². The van der Waals surface area contributed by atoms with Crippen molar-refractivity contribution in [3.8, 4) is 39.6 Å². The van der Waals surface area contributed by atoms with E-state index >= 15 is 0 Å². The predicted molar refractivity (Wildman–Crippen MR) is 106 cm³/mol. The van der Waals surface area contributed by atoms with E-state index in [-0.39, 0.29) is 0 Å². The first kappa shape index (κ1) is 17.0. The van der Waals surface area contributed by atoms with Gasteiger partial charge < -0.3 is 18.6 Å². The smallest absolute Gasteiger partial charge is 0.161 e. The second-order valence-electron chi connectivity index (χ2n) is 6.11. The fourth-order valence-corrected chi connectivity index (χ4v) is 3.08. The average Bonchev–Trinajstić information content (AvgIpc) is 3.16. The molecule has 0 spiro atoms. The minimum absolute atomic E-state index is 0.708. The Morgan fingerprint density at radius 2 is 1.37 bits per heavy atom. The number of ether oxygens (including phenoxy) is 3. The molecule has 136 valence electrons. The number of nitrogens with zero attached hydrogens (tertiary/aromatic N) is 2. The van der Waals surface area contributed by atoms with Crippen molar-refractivity contribution in [3.05, 3.63) is 67.0 Å². The van der Waals surface area contributed by atoms with Gasteiger partial charge in [0, 0.05) is 18.0 Å². The lowest BCUT2D eigenvalue weighted by Gasteiger charge is -2.10. The van der Waals surface area contributed by atoms with Crippen molar-refractivity contribution < 1.29 is 14.2 Å². The third-order valence-electron chi connectivity index (χ3n) is 4.55. The first-order valence-electron chi connectivity index (χ1n) is 8.57. The van der Waals surface area contributed by atoms with E-state index in [4.69, 9.17) is 19.2 Å². The molecule has 0 aliphatic heterocycles. The van der Waals surface area contributed by atoms with E-state index in [1.165, 1.54) is 0 Å². The summed E-state index contributed by atoms with van der Waals surface area (Å²) in [6.07, 6.45) is 4.10. The molecule has 2 heterocycles. The van der Waals surface area contributed by atoms with Gasteiger partial charge in [-0.1, -0.05) is 6.07 Å². The molecule has 5 nitrogen and oxygen atoms in total. The topological polar surface area (TPSA) is 45.0 Å². The molecule has 0 unspecified atom stereocenters. The minimum Gasteiger partial charge on any atom is -0.497 e. The highest BCUT2D eigenvalue weighted by Gasteiger charge is 2.09. The molecule has 0 amide bonds. The summed E-state index contributed by atoms with van der Waals surface area (Å²) in [5.41, 5.74) is 4.98. The van der Waals surface area contributed by atoms with E-state index in [9.17, 15) is 0 Å². The Morgan fingerprint density at radius 1 is 0.667 bits per heavy atom. The summed E-state index contributed by atoms with van der Waals surface area (Å²) in [6.45, 7) is 0. The van der Waals surface area contributed by atoms with Crippen molar-refractivity contribution in [2.45, 2.75) is 0 Å². The van der Waals surface area contributed by atoms with Crippen LogP contribution in [0.2, 0.25) is 0 Å². The number of aromatic nitrogens is 2. The number of hydrogen-bond donors (Lipinski definition) is 0. The van der Waals surface area contributed by atoms with E-state index < -0.39 is 0 Å². The van der Waals surface area contributed by atoms with Crippen LogP contribution >= 0.6 is 0 Å². The molecule has 0 saturated heterocycles. The fourth-order valence-electron chi connectivity index (χ4n) is 3.08. The fraction of sp³-hybridized carbons (Fsp3) is 0.136. The number of benzene rings is 2. The number of fused-ring (bicyclic) bond motifs is 1. The van der Waals surface area contributed by atoms with Crippen LogP contribution in [0.25, 0.3) is 28.0 Å². The summed E-state index contributed by atoms with van der Waals surface area (Å²) in [5, 5.41) is 0. The molecule has 2 aromatic carbocycles. The number of rotatable bonds is 5. The zero-order chi connectivity index (χ0) is 18.8. The largest absolute Gasteiger partial charge is 0.497 e. The summed E-state index contributed by atoms with van der Waals surface area (Å²) in [6, 6.07) is 17.9. The molecule has 0 saturated carbocycles. The second-order valence-corrected chi connectivity index (χ2v) is 6.11. The molecule has 0 aliphatic rings. The Morgan fingerprint density at radius 3 is 2.07 bits per heavy atom. The Labute approximate surface area is 157 Å². The lowest BCUT2D eigenvalue weighted by atomic mass is 10.1. The van der Waals surface area contributed by atoms with Crippen molar-refractivity contribution in [2.75, 3.05) is 21.3 Å². The van der Waals surface area contributed by atoms with Gasteiger partial charge in [-0.2, -0.15) is 0 Å². The van der Waals surface area contributed by atoms with Crippen LogP contribution in [0.1, 0.15) is 0 Å². The van der Waals surface area contributed by atoms with Gasteiger partial charge in [-0.25, -0.2) is 4.98 Å². The Kier molecular flexibility index (Phi) is 4.42. The van der Waals surface area contributed by atoms with E-state index in [1.54, 1.807) is 21.3 Å². The average molecular weight is 360 g/mol. The summed E-state index contributed by atoms with van der Waals surface area (Å²) < 4.78 is 18.0. The van der Waals surface area contributed by atoms with Crippen LogP contribution in [0.5, 0.6) is 17.2 Å². The molecule has 0 bridgehead atoms. The van der Waals surface area contributed by atoms with Gasteiger partial charge in [-0.05, 0) is 59.7 Å². The molecule has 0 aliphatic carbocycles. The van der Waals surface area contributed by atoms with Crippen LogP contribution in [-0.4, -0.2) is 30.7 Å². The van der Waals surface area contributed by atoms with Crippen molar-refractivity contribution in [3.63, 3.8) is 0 Å². The van der Waals surface area contributed by atoms with Gasteiger partial charge in [0.05, 0.1) is 27.0 Å². The third kappa shape index (κ3) is 3.19. The molecular formula is C22H20N2O3. The third-order valence-corrected chi connectivity index (χ3v) is 4.55. The van der Waals surface area contributed by atoms with Crippen LogP contribution < -0.4 is 14.2 Å². The van der Waals surface area contributed by atoms with Crippen LogP contribution in [0.3, 0.4) is 0 Å². The van der Waals surface area contributed by atoms with Crippen LogP contribution in [-0.2, 0) is 0 Å². The van der Waals surface area contributed by atoms with Crippen LogP contribution in [0.15, 0.2) is 67.0 Å². The molecular weight excluding hydrogens is 340 g/mol. The van der Waals surface area contributed by atoms with Crippen LogP contribution in [0.4, 0.5) is 0 Å². The molecule has 27 heavy (non-hydrogen) atoms. The molecule has 5 heteroatoms. The molecule has 0 fully saturated rings. The summed E-state index contributed by atoms with van der Waals surface area (Å²) >= 11 is 0. The molecule has 2 aromatic heterocycles. The Bertz CT molecular complexity index is 1080. The molecule has 4 rings (SSSR count). The number of hydrogen-bond acceptors (Lipinski definition) is 4. The first-order valence-corrected chi connectivity index (χ1v) is 8.57. The summed E-state index contributed by atoms with van der Waals surface area (Å²) in [4.78, 5) is 4.71. The normalized spacial score (nSPS) is 10.8. The zero-order valence-electron chi connectivity index (χ0n) is 15.5. The number of pyridine rings is 1. The van der Waals surface area contributed by atoms with E-state index in [1.807, 2.05) is 59.1 Å². The first-order chi connectivity index (χ1) is 13.2. The SMILES string of the molecule is COc1ccc(-c2cn3cc(-c4ccc(OC)c(OC)c4)ccc3n2)cc1. The Hall–Kier alpha value is -3.47. The zero-order valence-corrected chi connectivity index (χ0v) is 15.5. The van der Waals surface area contributed by atoms with Gasteiger partial charge in [0.1, 0.15) is 11.4 Å². The highest BCUT2D eigenvalue weighted by molar-refractivity contribution is 5.70. The quantitative estimate of drug-likeness (QED) is 0.518. The van der Waals surface area contributed by atoms with Gasteiger partial charge in [-0.3, -0.25) is 0 Å². The highest BCUT2D eigenvalue weighted by atomic mass is 16.5. The van der Waals surface area contributed by atoms with Crippen molar-refractivity contribution in [1.82, 2.24) is 9.38 Å². The Balaban J connectivity index is 1.72. The lowest BCUT2D eigenvalue weighted by molar-refractivity contribution is 0.355. The molecule has 0 radical (unpaired) electrons. The van der Waals surface area contributed by atoms with Gasteiger partial charge in [0.15, 0.2) is 11.5 Å². The maximum atomic E-state index is 5.41. The summed E-state index contributed by atoms with van der Waals surface area (Å²) in [5.74, 6) is 2.25. The minimum atomic E-state index is 0.708. The van der Waals surface area contributed by atoms with Crippen molar-refractivity contribution >= 4 is 5.65 Å². The highest BCUT2D eigenvalue weighted by Crippen LogP contribution is 2.32. The van der Waals surface area contributed by atoms with Gasteiger partial charge in [0.2, 0.25) is 0 Å². The second kappa shape index (κ2) is 7.03.